The maximum Gasteiger partial charge on any atom is 0.229 e. The van der Waals surface area contributed by atoms with Crippen LogP contribution in [-0.4, -0.2) is 62.9 Å². The number of hydrogen-bond donors (Lipinski definition) is 0. The molecule has 152 valence electrons. The lowest BCUT2D eigenvalue weighted by Gasteiger charge is -2.58. The van der Waals surface area contributed by atoms with Crippen molar-refractivity contribution in [3.8, 4) is 11.5 Å². The Balaban J connectivity index is 1.52. The van der Waals surface area contributed by atoms with Crippen molar-refractivity contribution in [1.29, 1.82) is 0 Å². The average molecular weight is 394 g/mol. The van der Waals surface area contributed by atoms with E-state index in [9.17, 15) is 4.79 Å². The highest BCUT2D eigenvalue weighted by Gasteiger charge is 2.71. The third-order valence-electron chi connectivity index (χ3n) is 8.81. The van der Waals surface area contributed by atoms with Crippen LogP contribution >= 0.6 is 0 Å². The molecule has 29 heavy (non-hydrogen) atoms. The third kappa shape index (κ3) is 1.76. The SMILES string of the molecule is COc1cc2c(cc1OC)[C@@]13CCN4CC5=CCO[C@@H]6CC(=O)N2[C@@H]1[C@@H]6[C@@H]5C[C@H]43. The molecule has 6 aliphatic rings. The average Bonchev–Trinajstić information content (AvgIpc) is 3.20. The highest BCUT2D eigenvalue weighted by Crippen LogP contribution is 2.66. The highest BCUT2D eigenvalue weighted by molar-refractivity contribution is 5.99. The Kier molecular flexibility index (Phi) is 3.08. The number of benzene rings is 1. The van der Waals surface area contributed by atoms with Gasteiger partial charge in [0.25, 0.3) is 0 Å². The first-order valence-corrected chi connectivity index (χ1v) is 10.8. The molecule has 1 aromatic carbocycles. The van der Waals surface area contributed by atoms with Gasteiger partial charge in [-0.3, -0.25) is 9.69 Å². The Hall–Kier alpha value is -2.05. The molecule has 6 heteroatoms. The lowest BCUT2D eigenvalue weighted by atomic mass is 9.53. The first-order chi connectivity index (χ1) is 14.2. The Morgan fingerprint density at radius 2 is 2.03 bits per heavy atom. The van der Waals surface area contributed by atoms with E-state index in [2.05, 4.69) is 21.9 Å². The standard InChI is InChI=1S/C23H26N2O4/c1-27-16-8-14-15(9-17(16)28-2)25-20(26)10-18-21-13-7-19-23(14,22(21)25)4-5-24(19)11-12(13)3-6-29-18/h3,8-9,13,18-19,21-22H,4-7,10-11H2,1-2H3/t13-,18-,19+,21-,22-,23-/m1/s1. The lowest BCUT2D eigenvalue weighted by molar-refractivity contribution is -0.132. The topological polar surface area (TPSA) is 51.2 Å². The van der Waals surface area contributed by atoms with Gasteiger partial charge in [0, 0.05) is 30.0 Å². The van der Waals surface area contributed by atoms with Crippen molar-refractivity contribution in [2.75, 3.05) is 38.8 Å². The van der Waals surface area contributed by atoms with Crippen molar-refractivity contribution in [2.24, 2.45) is 11.8 Å². The number of ether oxygens (including phenoxy) is 3. The van der Waals surface area contributed by atoms with Crippen LogP contribution < -0.4 is 14.4 Å². The van der Waals surface area contributed by atoms with Crippen LogP contribution in [0, 0.1) is 11.8 Å². The normalized spacial score (nSPS) is 41.0. The van der Waals surface area contributed by atoms with Crippen LogP contribution in [0.4, 0.5) is 5.69 Å². The Morgan fingerprint density at radius 3 is 2.86 bits per heavy atom. The van der Waals surface area contributed by atoms with Gasteiger partial charge >= 0.3 is 0 Å². The van der Waals surface area contributed by atoms with E-state index in [0.29, 0.717) is 36.7 Å². The summed E-state index contributed by atoms with van der Waals surface area (Å²) in [5, 5.41) is 0. The van der Waals surface area contributed by atoms with Gasteiger partial charge in [-0.1, -0.05) is 11.6 Å². The molecule has 5 aliphatic heterocycles. The van der Waals surface area contributed by atoms with Crippen LogP contribution in [0.3, 0.4) is 0 Å². The largest absolute Gasteiger partial charge is 0.493 e. The molecule has 7 rings (SSSR count). The van der Waals surface area contributed by atoms with Crippen LogP contribution in [0.2, 0.25) is 0 Å². The van der Waals surface area contributed by atoms with Gasteiger partial charge in [0.1, 0.15) is 0 Å². The molecule has 6 nitrogen and oxygen atoms in total. The van der Waals surface area contributed by atoms with E-state index in [4.69, 9.17) is 14.2 Å². The van der Waals surface area contributed by atoms with Crippen LogP contribution in [0.25, 0.3) is 0 Å². The van der Waals surface area contributed by atoms with Crippen molar-refractivity contribution in [3.63, 3.8) is 0 Å². The summed E-state index contributed by atoms with van der Waals surface area (Å²) in [4.78, 5) is 18.3. The van der Waals surface area contributed by atoms with E-state index < -0.39 is 0 Å². The number of carbonyl (C=O) groups excluding carboxylic acids is 1. The minimum atomic E-state index is -0.0242. The first-order valence-electron chi connectivity index (χ1n) is 10.8. The van der Waals surface area contributed by atoms with E-state index in [1.807, 2.05) is 6.07 Å². The molecular formula is C23H26N2O4. The molecule has 1 amide bonds. The molecule has 3 saturated heterocycles. The Morgan fingerprint density at radius 1 is 1.21 bits per heavy atom. The number of hydrogen-bond acceptors (Lipinski definition) is 5. The van der Waals surface area contributed by atoms with E-state index in [1.54, 1.807) is 19.8 Å². The second-order valence-electron chi connectivity index (χ2n) is 9.48. The zero-order valence-electron chi connectivity index (χ0n) is 16.9. The molecule has 1 aromatic rings. The molecule has 0 radical (unpaired) electrons. The molecule has 6 atom stereocenters. The summed E-state index contributed by atoms with van der Waals surface area (Å²) < 4.78 is 17.6. The summed E-state index contributed by atoms with van der Waals surface area (Å²) in [7, 11) is 3.36. The molecule has 0 N–H and O–H groups in total. The van der Waals surface area contributed by atoms with Gasteiger partial charge in [0.2, 0.25) is 5.91 Å². The number of rotatable bonds is 2. The van der Waals surface area contributed by atoms with Gasteiger partial charge in [-0.2, -0.15) is 0 Å². The van der Waals surface area contributed by atoms with E-state index in [-0.39, 0.29) is 23.5 Å². The number of carbonyl (C=O) groups is 1. The van der Waals surface area contributed by atoms with Gasteiger partial charge in [-0.05, 0) is 36.9 Å². The number of amides is 1. The van der Waals surface area contributed by atoms with Crippen LogP contribution in [0.1, 0.15) is 24.8 Å². The smallest absolute Gasteiger partial charge is 0.229 e. The highest BCUT2D eigenvalue weighted by atomic mass is 16.5. The minimum Gasteiger partial charge on any atom is -0.493 e. The number of methoxy groups -OCH3 is 2. The quantitative estimate of drug-likeness (QED) is 0.719. The Bertz CT molecular complexity index is 974. The molecule has 2 bridgehead atoms. The predicted molar refractivity (Wildman–Crippen MR) is 107 cm³/mol. The maximum atomic E-state index is 13.5. The second kappa shape index (κ2) is 5.35. The van der Waals surface area contributed by atoms with Crippen LogP contribution in [0.15, 0.2) is 23.8 Å². The monoisotopic (exact) mass is 394 g/mol. The number of fused-ring (bicyclic) bond motifs is 2. The van der Waals surface area contributed by atoms with Gasteiger partial charge in [0.05, 0.1) is 45.1 Å². The van der Waals surface area contributed by atoms with Crippen molar-refractivity contribution in [1.82, 2.24) is 4.90 Å². The fourth-order valence-corrected chi connectivity index (χ4v) is 7.87. The summed E-state index contributed by atoms with van der Waals surface area (Å²) in [6, 6.07) is 4.87. The third-order valence-corrected chi connectivity index (χ3v) is 8.81. The fourth-order valence-electron chi connectivity index (χ4n) is 7.87. The van der Waals surface area contributed by atoms with Gasteiger partial charge in [0.15, 0.2) is 11.5 Å². The van der Waals surface area contributed by atoms with E-state index in [0.717, 1.165) is 30.9 Å². The van der Waals surface area contributed by atoms with Crippen LogP contribution in [0.5, 0.6) is 11.5 Å². The molecule has 4 fully saturated rings. The van der Waals surface area contributed by atoms with Crippen molar-refractivity contribution in [3.05, 3.63) is 29.3 Å². The number of piperidine rings is 2. The van der Waals surface area contributed by atoms with E-state index in [1.165, 1.54) is 12.0 Å². The molecule has 5 heterocycles. The Labute approximate surface area is 170 Å². The van der Waals surface area contributed by atoms with Gasteiger partial charge in [-0.25, -0.2) is 0 Å². The van der Waals surface area contributed by atoms with Gasteiger partial charge < -0.3 is 19.1 Å². The van der Waals surface area contributed by atoms with E-state index >= 15 is 0 Å². The zero-order chi connectivity index (χ0) is 19.5. The molecule has 0 unspecified atom stereocenters. The molecule has 0 aromatic heterocycles. The van der Waals surface area contributed by atoms with Crippen molar-refractivity contribution in [2.45, 2.75) is 42.9 Å². The summed E-state index contributed by atoms with van der Waals surface area (Å²) in [5.41, 5.74) is 3.85. The van der Waals surface area contributed by atoms with Crippen molar-refractivity contribution >= 4 is 11.6 Å². The van der Waals surface area contributed by atoms with Crippen LogP contribution in [-0.2, 0) is 14.9 Å². The second-order valence-corrected chi connectivity index (χ2v) is 9.48. The summed E-state index contributed by atoms with van der Waals surface area (Å²) in [5.74, 6) is 2.57. The molecular weight excluding hydrogens is 368 g/mol. The molecule has 1 spiro atoms. The molecule has 1 saturated carbocycles. The predicted octanol–water partition coefficient (Wildman–Crippen LogP) is 2.11. The first kappa shape index (κ1) is 16.7. The summed E-state index contributed by atoms with van der Waals surface area (Å²) in [6.07, 6.45) is 5.11. The van der Waals surface area contributed by atoms with Gasteiger partial charge in [-0.15, -0.1) is 0 Å². The fraction of sp³-hybridized carbons (Fsp3) is 0.609. The number of anilines is 1. The molecule has 1 aliphatic carbocycles. The lowest BCUT2D eigenvalue weighted by Crippen LogP contribution is -2.69. The zero-order valence-corrected chi connectivity index (χ0v) is 16.9. The summed E-state index contributed by atoms with van der Waals surface area (Å²) in [6.45, 7) is 2.80. The number of nitrogens with zero attached hydrogens (tertiary/aromatic N) is 2. The summed E-state index contributed by atoms with van der Waals surface area (Å²) >= 11 is 0. The minimum absolute atomic E-state index is 0.0242. The maximum absolute atomic E-state index is 13.5. The van der Waals surface area contributed by atoms with Crippen molar-refractivity contribution < 1.29 is 19.0 Å².